The Morgan fingerprint density at radius 2 is 2.00 bits per heavy atom. The summed E-state index contributed by atoms with van der Waals surface area (Å²) < 4.78 is 27.2. The molecule has 0 aliphatic heterocycles. The van der Waals surface area contributed by atoms with Crippen LogP contribution in [0.4, 0.5) is 8.78 Å². The second-order valence-corrected chi connectivity index (χ2v) is 3.94. The molecule has 0 heterocycles. The number of aliphatic hydroxyl groups excluding tert-OH is 1. The van der Waals surface area contributed by atoms with Crippen LogP contribution in [-0.4, -0.2) is 11.7 Å². The van der Waals surface area contributed by atoms with Crippen molar-refractivity contribution in [3.05, 3.63) is 34.9 Å². The van der Waals surface area contributed by atoms with Crippen LogP contribution in [0, 0.1) is 24.5 Å². The number of hydrogen-bond acceptors (Lipinski definition) is 2. The standard InChI is InChI=1S/C12H17F2NO/c1-3-8(6-15)12(16)10-9(13)5-4-7(2)11(10)14/h4-5,8,12,16H,3,6,15H2,1-2H3. The molecule has 0 fully saturated rings. The van der Waals surface area contributed by atoms with Crippen LogP contribution in [0.2, 0.25) is 0 Å². The van der Waals surface area contributed by atoms with Crippen LogP contribution in [0.3, 0.4) is 0 Å². The van der Waals surface area contributed by atoms with Crippen LogP contribution in [0.15, 0.2) is 12.1 Å². The van der Waals surface area contributed by atoms with E-state index >= 15 is 0 Å². The number of hydrogen-bond donors (Lipinski definition) is 2. The molecule has 16 heavy (non-hydrogen) atoms. The number of rotatable bonds is 4. The summed E-state index contributed by atoms with van der Waals surface area (Å²) in [5, 5.41) is 9.91. The van der Waals surface area contributed by atoms with E-state index in [0.29, 0.717) is 12.0 Å². The monoisotopic (exact) mass is 229 g/mol. The first-order chi connectivity index (χ1) is 7.52. The van der Waals surface area contributed by atoms with Crippen LogP contribution in [0.5, 0.6) is 0 Å². The lowest BCUT2D eigenvalue weighted by molar-refractivity contribution is 0.102. The van der Waals surface area contributed by atoms with E-state index in [9.17, 15) is 13.9 Å². The molecule has 0 aromatic heterocycles. The number of halogens is 2. The predicted octanol–water partition coefficient (Wildman–Crippen LogP) is 2.29. The lowest BCUT2D eigenvalue weighted by atomic mass is 9.92. The highest BCUT2D eigenvalue weighted by atomic mass is 19.1. The fourth-order valence-electron chi connectivity index (χ4n) is 1.70. The van der Waals surface area contributed by atoms with Gasteiger partial charge in [-0.2, -0.15) is 0 Å². The van der Waals surface area contributed by atoms with Crippen LogP contribution in [-0.2, 0) is 0 Å². The van der Waals surface area contributed by atoms with Gasteiger partial charge in [-0.25, -0.2) is 8.78 Å². The topological polar surface area (TPSA) is 46.2 Å². The maximum Gasteiger partial charge on any atom is 0.134 e. The van der Waals surface area contributed by atoms with Crippen molar-refractivity contribution in [3.8, 4) is 0 Å². The third-order valence-corrected chi connectivity index (χ3v) is 2.89. The number of aliphatic hydroxyl groups is 1. The molecule has 2 nitrogen and oxygen atoms in total. The summed E-state index contributed by atoms with van der Waals surface area (Å²) in [6.07, 6.45) is -0.611. The zero-order chi connectivity index (χ0) is 12.3. The molecule has 0 saturated carbocycles. The fourth-order valence-corrected chi connectivity index (χ4v) is 1.70. The molecule has 0 radical (unpaired) electrons. The van der Waals surface area contributed by atoms with Crippen molar-refractivity contribution in [1.29, 1.82) is 0 Å². The largest absolute Gasteiger partial charge is 0.388 e. The number of aryl methyl sites for hydroxylation is 1. The van der Waals surface area contributed by atoms with Gasteiger partial charge in [-0.05, 0) is 31.5 Å². The third-order valence-electron chi connectivity index (χ3n) is 2.89. The second-order valence-electron chi connectivity index (χ2n) is 3.94. The average Bonchev–Trinajstić information content (AvgIpc) is 2.26. The molecule has 0 spiro atoms. The molecule has 0 aliphatic carbocycles. The molecule has 0 aliphatic rings. The summed E-state index contributed by atoms with van der Waals surface area (Å²) in [6, 6.07) is 2.52. The van der Waals surface area contributed by atoms with E-state index in [1.807, 2.05) is 6.92 Å². The first-order valence-electron chi connectivity index (χ1n) is 5.35. The summed E-state index contributed by atoms with van der Waals surface area (Å²) in [5.74, 6) is -1.73. The maximum atomic E-state index is 13.7. The molecule has 1 aromatic carbocycles. The van der Waals surface area contributed by atoms with Gasteiger partial charge in [0, 0.05) is 5.92 Å². The van der Waals surface area contributed by atoms with Crippen LogP contribution < -0.4 is 5.73 Å². The zero-order valence-corrected chi connectivity index (χ0v) is 9.50. The zero-order valence-electron chi connectivity index (χ0n) is 9.50. The highest BCUT2D eigenvalue weighted by molar-refractivity contribution is 5.28. The predicted molar refractivity (Wildman–Crippen MR) is 58.9 cm³/mol. The van der Waals surface area contributed by atoms with Gasteiger partial charge >= 0.3 is 0 Å². The normalized spacial score (nSPS) is 14.9. The van der Waals surface area contributed by atoms with Gasteiger partial charge in [0.05, 0.1) is 11.7 Å². The summed E-state index contributed by atoms with van der Waals surface area (Å²) >= 11 is 0. The van der Waals surface area contributed by atoms with Crippen molar-refractivity contribution in [1.82, 2.24) is 0 Å². The molecule has 4 heteroatoms. The van der Waals surface area contributed by atoms with E-state index < -0.39 is 17.7 Å². The van der Waals surface area contributed by atoms with Gasteiger partial charge in [-0.3, -0.25) is 0 Å². The van der Waals surface area contributed by atoms with Gasteiger partial charge in [0.25, 0.3) is 0 Å². The van der Waals surface area contributed by atoms with Crippen LogP contribution >= 0.6 is 0 Å². The molecular weight excluding hydrogens is 212 g/mol. The first kappa shape index (κ1) is 13.1. The van der Waals surface area contributed by atoms with Gasteiger partial charge in [0.2, 0.25) is 0 Å². The fraction of sp³-hybridized carbons (Fsp3) is 0.500. The Morgan fingerprint density at radius 1 is 1.38 bits per heavy atom. The minimum absolute atomic E-state index is 0.199. The SMILES string of the molecule is CCC(CN)C(O)c1c(F)ccc(C)c1F. The Bertz CT molecular complexity index is 364. The number of benzene rings is 1. The molecule has 2 unspecified atom stereocenters. The molecule has 1 aromatic rings. The summed E-state index contributed by atoms with van der Waals surface area (Å²) in [7, 11) is 0. The van der Waals surface area contributed by atoms with Crippen molar-refractivity contribution < 1.29 is 13.9 Å². The molecule has 90 valence electrons. The van der Waals surface area contributed by atoms with E-state index in [1.165, 1.54) is 19.1 Å². The smallest absolute Gasteiger partial charge is 0.134 e. The minimum atomic E-state index is -1.19. The van der Waals surface area contributed by atoms with Gasteiger partial charge < -0.3 is 10.8 Å². The van der Waals surface area contributed by atoms with Crippen molar-refractivity contribution in [2.24, 2.45) is 11.7 Å². The highest BCUT2D eigenvalue weighted by Crippen LogP contribution is 2.29. The van der Waals surface area contributed by atoms with Crippen LogP contribution in [0.1, 0.15) is 30.6 Å². The van der Waals surface area contributed by atoms with E-state index in [4.69, 9.17) is 5.73 Å². The maximum absolute atomic E-state index is 13.7. The molecule has 0 amide bonds. The Kier molecular flexibility index (Phi) is 4.38. The van der Waals surface area contributed by atoms with E-state index in [0.717, 1.165) is 0 Å². The highest BCUT2D eigenvalue weighted by Gasteiger charge is 2.25. The van der Waals surface area contributed by atoms with E-state index in [-0.39, 0.29) is 18.0 Å². The lowest BCUT2D eigenvalue weighted by Gasteiger charge is -2.21. The molecule has 0 saturated heterocycles. The Labute approximate surface area is 94.1 Å². The van der Waals surface area contributed by atoms with Crippen molar-refractivity contribution in [2.75, 3.05) is 6.54 Å². The molecule has 1 rings (SSSR count). The van der Waals surface area contributed by atoms with Crippen molar-refractivity contribution in [3.63, 3.8) is 0 Å². The summed E-state index contributed by atoms with van der Waals surface area (Å²) in [4.78, 5) is 0. The van der Waals surface area contributed by atoms with Gasteiger partial charge in [0.1, 0.15) is 11.6 Å². The lowest BCUT2D eigenvalue weighted by Crippen LogP contribution is -2.23. The van der Waals surface area contributed by atoms with Gasteiger partial charge in [-0.1, -0.05) is 13.0 Å². The molecule has 3 N–H and O–H groups in total. The Hall–Kier alpha value is -1.00. The second kappa shape index (κ2) is 5.37. The van der Waals surface area contributed by atoms with E-state index in [1.54, 1.807) is 0 Å². The molecule has 0 bridgehead atoms. The van der Waals surface area contributed by atoms with E-state index in [2.05, 4.69) is 0 Å². The molecule has 2 atom stereocenters. The molecular formula is C12H17F2NO. The third kappa shape index (κ3) is 2.39. The van der Waals surface area contributed by atoms with Gasteiger partial charge in [0.15, 0.2) is 0 Å². The van der Waals surface area contributed by atoms with Crippen molar-refractivity contribution in [2.45, 2.75) is 26.4 Å². The summed E-state index contributed by atoms with van der Waals surface area (Å²) in [5.41, 5.74) is 5.51. The number of nitrogens with two attached hydrogens (primary N) is 1. The minimum Gasteiger partial charge on any atom is -0.388 e. The Morgan fingerprint density at radius 3 is 2.50 bits per heavy atom. The quantitative estimate of drug-likeness (QED) is 0.832. The van der Waals surface area contributed by atoms with Crippen molar-refractivity contribution >= 4 is 0 Å². The Balaban J connectivity index is 3.16. The first-order valence-corrected chi connectivity index (χ1v) is 5.35. The van der Waals surface area contributed by atoms with Gasteiger partial charge in [-0.15, -0.1) is 0 Å². The summed E-state index contributed by atoms with van der Waals surface area (Å²) in [6.45, 7) is 3.56. The average molecular weight is 229 g/mol. The van der Waals surface area contributed by atoms with Crippen LogP contribution in [0.25, 0.3) is 0 Å².